The first-order valence-corrected chi connectivity index (χ1v) is 7.61. The summed E-state index contributed by atoms with van der Waals surface area (Å²) in [6, 6.07) is 12.5. The summed E-state index contributed by atoms with van der Waals surface area (Å²) in [6.07, 6.45) is -1.45. The van der Waals surface area contributed by atoms with Gasteiger partial charge in [-0.05, 0) is 24.3 Å². The van der Waals surface area contributed by atoms with Gasteiger partial charge in [-0.3, -0.25) is 19.3 Å². The molecule has 0 aromatic heterocycles. The van der Waals surface area contributed by atoms with Crippen LogP contribution in [0.4, 0.5) is 4.79 Å². The van der Waals surface area contributed by atoms with E-state index in [1.54, 1.807) is 36.4 Å². The third-order valence-corrected chi connectivity index (χ3v) is 3.17. The topological polar surface area (TPSA) is 138 Å². The number of para-hydroxylation sites is 2. The second-order valence-corrected chi connectivity index (χ2v) is 4.81. The van der Waals surface area contributed by atoms with E-state index in [1.165, 1.54) is 26.4 Å². The van der Waals surface area contributed by atoms with Crippen molar-refractivity contribution in [3.05, 3.63) is 59.7 Å². The quantitative estimate of drug-likeness (QED) is 0.546. The zero-order valence-corrected chi connectivity index (χ0v) is 14.8. The van der Waals surface area contributed by atoms with Crippen LogP contribution in [0.25, 0.3) is 0 Å². The van der Waals surface area contributed by atoms with Crippen molar-refractivity contribution in [1.29, 1.82) is 0 Å². The highest BCUT2D eigenvalue weighted by Gasteiger charge is 2.13. The third kappa shape index (κ3) is 5.42. The van der Waals surface area contributed by atoms with Gasteiger partial charge in [0, 0.05) is 10.6 Å². The summed E-state index contributed by atoms with van der Waals surface area (Å²) < 4.78 is 10.00. The van der Waals surface area contributed by atoms with Gasteiger partial charge < -0.3 is 9.47 Å². The van der Waals surface area contributed by atoms with Crippen LogP contribution < -0.4 is 9.47 Å². The molecule has 28 heavy (non-hydrogen) atoms. The molecule has 0 bridgehead atoms. The molecule has 0 saturated carbocycles. The van der Waals surface area contributed by atoms with Crippen molar-refractivity contribution in [3.63, 3.8) is 0 Å². The van der Waals surface area contributed by atoms with E-state index in [0.29, 0.717) is 0 Å². The van der Waals surface area contributed by atoms with E-state index in [-0.39, 0.29) is 22.6 Å². The molecular weight excluding hydrogens is 372 g/mol. The molecule has 0 aliphatic heterocycles. The van der Waals surface area contributed by atoms with E-state index in [4.69, 9.17) is 9.47 Å². The lowest BCUT2D eigenvalue weighted by Crippen LogP contribution is -2.02. The summed E-state index contributed by atoms with van der Waals surface area (Å²) in [7, 11) is 2.77. The lowest BCUT2D eigenvalue weighted by atomic mass is 10.2. The predicted octanol–water partition coefficient (Wildman–Crippen LogP) is 3.57. The summed E-state index contributed by atoms with van der Waals surface area (Å²) in [6.45, 7) is 0. The van der Waals surface area contributed by atoms with Crippen LogP contribution in [-0.4, -0.2) is 32.2 Å². The Hall–Kier alpha value is -4.15. The molecule has 0 aliphatic carbocycles. The molecule has 0 heterocycles. The van der Waals surface area contributed by atoms with Gasteiger partial charge in [-0.15, -0.1) is 0 Å². The molecule has 144 valence electrons. The van der Waals surface area contributed by atoms with Crippen LogP contribution in [0.1, 0.15) is 20.7 Å². The molecule has 0 spiro atoms. The van der Waals surface area contributed by atoms with Crippen LogP contribution in [0.5, 0.6) is 11.5 Å². The molecule has 11 heteroatoms. The standard InChI is InChI=1S/C17H14N4O7/c1-25-13-9-5-3-7-11(13)15(22)18-20-27-17(24)28-21-19-16(23)12-8-4-6-10-14(12)26-2/h3-10H,1-2H3. The maximum atomic E-state index is 11.9. The fourth-order valence-electron chi connectivity index (χ4n) is 1.95. The van der Waals surface area contributed by atoms with Crippen LogP contribution in [0.2, 0.25) is 0 Å². The Balaban J connectivity index is 1.87. The van der Waals surface area contributed by atoms with E-state index in [2.05, 4.69) is 30.5 Å². The van der Waals surface area contributed by atoms with Crippen LogP contribution >= 0.6 is 0 Å². The predicted molar refractivity (Wildman–Crippen MR) is 91.9 cm³/mol. The van der Waals surface area contributed by atoms with Crippen molar-refractivity contribution in [1.82, 2.24) is 0 Å². The summed E-state index contributed by atoms with van der Waals surface area (Å²) >= 11 is 0. The smallest absolute Gasteiger partial charge is 0.496 e. The normalized spacial score (nSPS) is 10.6. The molecule has 2 aromatic rings. The molecule has 11 nitrogen and oxygen atoms in total. The lowest BCUT2D eigenvalue weighted by molar-refractivity contribution is 0.0450. The minimum atomic E-state index is -1.45. The van der Waals surface area contributed by atoms with Crippen molar-refractivity contribution in [3.8, 4) is 11.5 Å². The van der Waals surface area contributed by atoms with Gasteiger partial charge in [0.25, 0.3) is 0 Å². The molecule has 2 amide bonds. The van der Waals surface area contributed by atoms with Crippen molar-refractivity contribution in [2.24, 2.45) is 20.8 Å². The monoisotopic (exact) mass is 386 g/mol. The number of hydrogen-bond acceptors (Lipinski definition) is 9. The zero-order chi connectivity index (χ0) is 20.4. The highest BCUT2D eigenvalue weighted by atomic mass is 16.9. The third-order valence-electron chi connectivity index (χ3n) is 3.17. The molecule has 0 saturated heterocycles. The Kier molecular flexibility index (Phi) is 7.28. The Bertz CT molecular complexity index is 854. The first kappa shape index (κ1) is 20.2. The van der Waals surface area contributed by atoms with Gasteiger partial charge in [-0.2, -0.15) is 4.79 Å². The minimum absolute atomic E-state index is 0.118. The fraction of sp³-hybridized carbons (Fsp3) is 0.118. The average molecular weight is 386 g/mol. The van der Waals surface area contributed by atoms with E-state index < -0.39 is 18.0 Å². The van der Waals surface area contributed by atoms with Crippen LogP contribution in [0.15, 0.2) is 69.3 Å². The summed E-state index contributed by atoms with van der Waals surface area (Å²) in [5, 5.41) is 12.3. The molecule has 0 radical (unpaired) electrons. The van der Waals surface area contributed by atoms with E-state index in [1.807, 2.05) is 0 Å². The number of benzene rings is 2. The van der Waals surface area contributed by atoms with Crippen molar-refractivity contribution in [2.75, 3.05) is 14.2 Å². The summed E-state index contributed by atoms with van der Waals surface area (Å²) in [5.41, 5.74) is 0.237. The minimum Gasteiger partial charge on any atom is -0.496 e. The van der Waals surface area contributed by atoms with Gasteiger partial charge in [0.2, 0.25) is 0 Å². The van der Waals surface area contributed by atoms with Crippen molar-refractivity contribution >= 4 is 18.0 Å². The first-order valence-electron chi connectivity index (χ1n) is 7.61. The van der Waals surface area contributed by atoms with E-state index in [0.717, 1.165) is 0 Å². The second-order valence-electron chi connectivity index (χ2n) is 4.81. The number of carbonyl (C=O) groups excluding carboxylic acids is 3. The number of ether oxygens (including phenoxy) is 2. The van der Waals surface area contributed by atoms with Gasteiger partial charge in [0.05, 0.1) is 25.3 Å². The van der Waals surface area contributed by atoms with Crippen LogP contribution in [0.3, 0.4) is 0 Å². The maximum absolute atomic E-state index is 11.9. The maximum Gasteiger partial charge on any atom is 0.565 e. The van der Waals surface area contributed by atoms with Crippen LogP contribution in [0, 0.1) is 0 Å². The number of nitrogens with zero attached hydrogens (tertiary/aromatic N) is 4. The van der Waals surface area contributed by atoms with Gasteiger partial charge in [-0.1, -0.05) is 34.5 Å². The number of carbonyl (C=O) groups is 3. The SMILES string of the molecule is COc1ccccc1C(=O)N=NOC(=O)ON=NC(=O)c1ccccc1OC. The number of amides is 2. The second kappa shape index (κ2) is 10.1. The average Bonchev–Trinajstić information content (AvgIpc) is 2.73. The Morgan fingerprint density at radius 2 is 1.07 bits per heavy atom. The summed E-state index contributed by atoms with van der Waals surface area (Å²) in [5.74, 6) is -1.06. The molecule has 0 aliphatic rings. The Morgan fingerprint density at radius 1 is 0.679 bits per heavy atom. The van der Waals surface area contributed by atoms with Crippen LogP contribution in [-0.2, 0) is 9.68 Å². The fourth-order valence-corrected chi connectivity index (χ4v) is 1.95. The molecule has 0 N–H and O–H groups in total. The molecule has 2 aromatic carbocycles. The first-order chi connectivity index (χ1) is 13.6. The number of methoxy groups -OCH3 is 2. The lowest BCUT2D eigenvalue weighted by Gasteiger charge is -2.03. The Labute approximate surface area is 158 Å². The highest BCUT2D eigenvalue weighted by molar-refractivity contribution is 5.97. The van der Waals surface area contributed by atoms with Gasteiger partial charge in [0.15, 0.2) is 0 Å². The van der Waals surface area contributed by atoms with Gasteiger partial charge in [0.1, 0.15) is 11.5 Å². The molecule has 0 atom stereocenters. The van der Waals surface area contributed by atoms with E-state index in [9.17, 15) is 14.4 Å². The van der Waals surface area contributed by atoms with E-state index >= 15 is 0 Å². The number of rotatable bonds is 6. The highest BCUT2D eigenvalue weighted by Crippen LogP contribution is 2.19. The van der Waals surface area contributed by atoms with Gasteiger partial charge in [-0.25, -0.2) is 0 Å². The van der Waals surface area contributed by atoms with Crippen molar-refractivity contribution in [2.45, 2.75) is 0 Å². The molecular formula is C17H14N4O7. The molecule has 2 rings (SSSR count). The summed E-state index contributed by atoms with van der Waals surface area (Å²) in [4.78, 5) is 43.4. The molecule has 0 unspecified atom stereocenters. The Morgan fingerprint density at radius 3 is 1.46 bits per heavy atom. The zero-order valence-electron chi connectivity index (χ0n) is 14.8. The largest absolute Gasteiger partial charge is 0.565 e. The van der Waals surface area contributed by atoms with Crippen molar-refractivity contribution < 1.29 is 33.5 Å². The van der Waals surface area contributed by atoms with Gasteiger partial charge >= 0.3 is 18.0 Å². The number of hydrogen-bond donors (Lipinski definition) is 0. The molecule has 0 fully saturated rings.